The number of phosphoric acid groups is 1. The van der Waals surface area contributed by atoms with Gasteiger partial charge in [0.25, 0.3) is 0 Å². The maximum Gasteiger partial charge on any atom is 0.529 e. The summed E-state index contributed by atoms with van der Waals surface area (Å²) in [6.45, 7) is 7.31. The maximum atomic E-state index is 13.0. The first-order valence-electron chi connectivity index (χ1n) is 12.9. The van der Waals surface area contributed by atoms with E-state index in [0.29, 0.717) is 24.4 Å². The van der Waals surface area contributed by atoms with Crippen molar-refractivity contribution in [2.24, 2.45) is 11.8 Å². The zero-order chi connectivity index (χ0) is 23.2. The molecule has 7 heteroatoms. The molecule has 2 heterocycles. The third kappa shape index (κ3) is 9.97. The normalized spacial score (nSPS) is 23.2. The van der Waals surface area contributed by atoms with E-state index in [0.717, 1.165) is 25.2 Å². The van der Waals surface area contributed by atoms with E-state index in [2.05, 4.69) is 13.8 Å². The zero-order valence-corrected chi connectivity index (χ0v) is 21.5. The minimum Gasteiger partial charge on any atom is -0.461 e. The van der Waals surface area contributed by atoms with Gasteiger partial charge in [-0.05, 0) is 18.8 Å². The van der Waals surface area contributed by atoms with E-state index in [-0.39, 0.29) is 25.1 Å². The lowest BCUT2D eigenvalue weighted by Crippen LogP contribution is -2.10. The van der Waals surface area contributed by atoms with Gasteiger partial charge in [0.2, 0.25) is 0 Å². The summed E-state index contributed by atoms with van der Waals surface area (Å²) in [6.07, 6.45) is 16.5. The van der Waals surface area contributed by atoms with Crippen LogP contribution in [-0.4, -0.2) is 25.8 Å². The predicted octanol–water partition coefficient (Wildman–Crippen LogP) is 7.72. The van der Waals surface area contributed by atoms with E-state index in [1.165, 1.54) is 64.2 Å². The smallest absolute Gasteiger partial charge is 0.461 e. The van der Waals surface area contributed by atoms with Gasteiger partial charge in [0, 0.05) is 6.42 Å². The Morgan fingerprint density at radius 2 is 1.53 bits per heavy atom. The van der Waals surface area contributed by atoms with Crippen LogP contribution in [0, 0.1) is 11.8 Å². The average molecular weight is 473 g/mol. The first-order chi connectivity index (χ1) is 15.4. The highest BCUT2D eigenvalue weighted by Gasteiger charge is 2.43. The fraction of sp³-hybridized carbons (Fsp3) is 0.880. The summed E-state index contributed by atoms with van der Waals surface area (Å²) in [5, 5.41) is 0. The topological polar surface area (TPSA) is 71.1 Å². The number of hydrogen-bond donors (Lipinski definition) is 0. The SMILES string of the molecule is CCCC1=C2C(=O)OCC2COP(=O)(OCCCCCCCCCCCCCC(C)C)O1. The summed E-state index contributed by atoms with van der Waals surface area (Å²) >= 11 is 0. The van der Waals surface area contributed by atoms with Crippen LogP contribution in [0.25, 0.3) is 0 Å². The van der Waals surface area contributed by atoms with E-state index >= 15 is 0 Å². The maximum absolute atomic E-state index is 13.0. The molecule has 2 rings (SSSR count). The van der Waals surface area contributed by atoms with Gasteiger partial charge in [-0.15, -0.1) is 0 Å². The molecule has 186 valence electrons. The van der Waals surface area contributed by atoms with Gasteiger partial charge >= 0.3 is 13.8 Å². The zero-order valence-electron chi connectivity index (χ0n) is 20.6. The lowest BCUT2D eigenvalue weighted by Gasteiger charge is -2.18. The highest BCUT2D eigenvalue weighted by molar-refractivity contribution is 7.48. The molecule has 0 aliphatic carbocycles. The van der Waals surface area contributed by atoms with E-state index in [4.69, 9.17) is 18.3 Å². The van der Waals surface area contributed by atoms with E-state index in [1.54, 1.807) is 0 Å². The van der Waals surface area contributed by atoms with Crippen molar-refractivity contribution in [3.05, 3.63) is 11.3 Å². The number of carbonyl (C=O) groups is 1. The van der Waals surface area contributed by atoms with Crippen molar-refractivity contribution in [3.63, 3.8) is 0 Å². The van der Waals surface area contributed by atoms with Crippen LogP contribution >= 0.6 is 7.82 Å². The van der Waals surface area contributed by atoms with Gasteiger partial charge in [0.15, 0.2) is 0 Å². The average Bonchev–Trinajstić information content (AvgIpc) is 3.05. The van der Waals surface area contributed by atoms with E-state index < -0.39 is 7.82 Å². The van der Waals surface area contributed by atoms with Gasteiger partial charge in [-0.2, -0.15) is 0 Å². The molecule has 2 unspecified atom stereocenters. The van der Waals surface area contributed by atoms with Crippen LogP contribution in [-0.2, 0) is 27.7 Å². The van der Waals surface area contributed by atoms with Gasteiger partial charge in [-0.1, -0.05) is 91.4 Å². The molecule has 6 nitrogen and oxygen atoms in total. The van der Waals surface area contributed by atoms with Crippen LogP contribution in [0.15, 0.2) is 11.3 Å². The third-order valence-corrected chi connectivity index (χ3v) is 7.56. The van der Waals surface area contributed by atoms with Crippen molar-refractivity contribution in [2.45, 2.75) is 111 Å². The van der Waals surface area contributed by atoms with E-state index in [1.807, 2.05) is 6.92 Å². The third-order valence-electron chi connectivity index (χ3n) is 6.15. The molecule has 0 N–H and O–H groups in total. The molecule has 0 saturated carbocycles. The standard InChI is InChI=1S/C25H45O6P/c1-4-16-23-24-22(19-28-25(24)26)20-30-32(27,31-23)29-18-15-13-11-9-7-5-6-8-10-12-14-17-21(2)3/h21-22H,4-20H2,1-3H3. The number of unbranched alkanes of at least 4 members (excludes halogenated alkanes) is 10. The summed E-state index contributed by atoms with van der Waals surface area (Å²) in [6, 6.07) is 0. The van der Waals surface area contributed by atoms with Crippen molar-refractivity contribution in [1.29, 1.82) is 0 Å². The Bertz CT molecular complexity index is 630. The molecule has 0 aromatic carbocycles. The largest absolute Gasteiger partial charge is 0.529 e. The molecule has 0 bridgehead atoms. The second-order valence-corrected chi connectivity index (χ2v) is 11.2. The van der Waals surface area contributed by atoms with Crippen LogP contribution in [0.5, 0.6) is 0 Å². The number of hydrogen-bond acceptors (Lipinski definition) is 6. The second kappa shape index (κ2) is 15.1. The van der Waals surface area contributed by atoms with Crippen LogP contribution < -0.4 is 0 Å². The molecule has 1 fully saturated rings. The molecule has 0 spiro atoms. The number of phosphoric ester groups is 1. The molecule has 1 saturated heterocycles. The number of cyclic esters (lactones) is 1. The van der Waals surface area contributed by atoms with Crippen molar-refractivity contribution in [2.75, 3.05) is 19.8 Å². The molecule has 2 aliphatic heterocycles. The molecular formula is C25H45O6P. The molecule has 0 aromatic rings. The number of allylic oxidation sites excluding steroid dienone is 1. The molecule has 2 atom stereocenters. The van der Waals surface area contributed by atoms with Crippen LogP contribution in [0.4, 0.5) is 0 Å². The lowest BCUT2D eigenvalue weighted by molar-refractivity contribution is -0.135. The number of carbonyl (C=O) groups excluding carboxylic acids is 1. The minimum atomic E-state index is -3.68. The Labute approximate surface area is 195 Å². The molecule has 0 amide bonds. The van der Waals surface area contributed by atoms with Gasteiger partial charge in [0.1, 0.15) is 12.4 Å². The van der Waals surface area contributed by atoms with Crippen molar-refractivity contribution in [3.8, 4) is 0 Å². The Kier molecular flexibility index (Phi) is 13.0. The number of ether oxygens (including phenoxy) is 1. The van der Waals surface area contributed by atoms with E-state index in [9.17, 15) is 9.36 Å². The fourth-order valence-electron chi connectivity index (χ4n) is 4.26. The highest BCUT2D eigenvalue weighted by Crippen LogP contribution is 2.55. The Hall–Kier alpha value is -0.840. The summed E-state index contributed by atoms with van der Waals surface area (Å²) in [7, 11) is -3.68. The minimum absolute atomic E-state index is 0.128. The monoisotopic (exact) mass is 472 g/mol. The summed E-state index contributed by atoms with van der Waals surface area (Å²) in [5.41, 5.74) is 0.476. The fourth-order valence-corrected chi connectivity index (χ4v) is 5.62. The summed E-state index contributed by atoms with van der Waals surface area (Å²) in [5.74, 6) is 0.649. The van der Waals surface area contributed by atoms with Gasteiger partial charge in [0.05, 0.1) is 24.7 Å². The summed E-state index contributed by atoms with van der Waals surface area (Å²) in [4.78, 5) is 12.0. The van der Waals surface area contributed by atoms with Crippen LogP contribution in [0.2, 0.25) is 0 Å². The van der Waals surface area contributed by atoms with Crippen molar-refractivity contribution in [1.82, 2.24) is 0 Å². The number of fused-ring (bicyclic) bond motifs is 1. The van der Waals surface area contributed by atoms with Crippen molar-refractivity contribution < 1.29 is 27.7 Å². The Morgan fingerprint density at radius 1 is 0.938 bits per heavy atom. The predicted molar refractivity (Wildman–Crippen MR) is 127 cm³/mol. The van der Waals surface area contributed by atoms with Crippen LogP contribution in [0.1, 0.15) is 111 Å². The van der Waals surface area contributed by atoms with Gasteiger partial charge in [-0.25, -0.2) is 9.36 Å². The van der Waals surface area contributed by atoms with Gasteiger partial charge in [-0.3, -0.25) is 9.05 Å². The number of esters is 1. The molecule has 0 radical (unpaired) electrons. The quantitative estimate of drug-likeness (QED) is 0.123. The molecule has 2 aliphatic rings. The molecular weight excluding hydrogens is 427 g/mol. The second-order valence-electron chi connectivity index (χ2n) is 9.62. The summed E-state index contributed by atoms with van der Waals surface area (Å²) < 4.78 is 34.7. The first kappa shape index (κ1) is 27.4. The van der Waals surface area contributed by atoms with Crippen molar-refractivity contribution >= 4 is 13.8 Å². The lowest BCUT2D eigenvalue weighted by atomic mass is 10.0. The van der Waals surface area contributed by atoms with Crippen LogP contribution in [0.3, 0.4) is 0 Å². The highest BCUT2D eigenvalue weighted by atomic mass is 31.2. The van der Waals surface area contributed by atoms with Gasteiger partial charge < -0.3 is 9.26 Å². The molecule has 0 aromatic heterocycles. The Morgan fingerprint density at radius 3 is 2.12 bits per heavy atom. The Balaban J connectivity index is 1.53. The molecule has 32 heavy (non-hydrogen) atoms. The number of rotatable bonds is 17. The first-order valence-corrected chi connectivity index (χ1v) is 14.4.